The fourth-order valence-electron chi connectivity index (χ4n) is 3.19. The Morgan fingerprint density at radius 2 is 1.82 bits per heavy atom. The van der Waals surface area contributed by atoms with Gasteiger partial charge in [-0.1, -0.05) is 15.9 Å². The maximum atomic E-state index is 12.8. The summed E-state index contributed by atoms with van der Waals surface area (Å²) >= 11 is 3.36. The molecule has 1 aliphatic rings. The van der Waals surface area contributed by atoms with Crippen LogP contribution in [0.25, 0.3) is 0 Å². The molecule has 0 aliphatic carbocycles. The topological polar surface area (TPSA) is 75.7 Å². The number of halogens is 1. The van der Waals surface area contributed by atoms with Crippen molar-refractivity contribution in [3.63, 3.8) is 0 Å². The summed E-state index contributed by atoms with van der Waals surface area (Å²) in [6.45, 7) is 1.11. The van der Waals surface area contributed by atoms with Crippen LogP contribution in [-0.4, -0.2) is 38.8 Å². The largest absolute Gasteiger partial charge is 0.496 e. The van der Waals surface area contributed by atoms with Gasteiger partial charge < -0.3 is 10.1 Å². The monoisotopic (exact) mass is 466 g/mol. The third kappa shape index (κ3) is 4.92. The van der Waals surface area contributed by atoms with Crippen LogP contribution in [0.4, 0.5) is 5.69 Å². The highest BCUT2D eigenvalue weighted by Crippen LogP contribution is 2.27. The van der Waals surface area contributed by atoms with E-state index >= 15 is 0 Å². The number of sulfonamides is 1. The van der Waals surface area contributed by atoms with E-state index in [2.05, 4.69) is 21.2 Å². The van der Waals surface area contributed by atoms with E-state index in [0.717, 1.165) is 17.3 Å². The first-order chi connectivity index (χ1) is 13.4. The van der Waals surface area contributed by atoms with Crippen LogP contribution in [0, 0.1) is 0 Å². The van der Waals surface area contributed by atoms with E-state index in [1.165, 1.54) is 11.4 Å². The van der Waals surface area contributed by atoms with Crippen LogP contribution in [-0.2, 0) is 21.2 Å². The fraction of sp³-hybridized carbons (Fsp3) is 0.350. The maximum Gasteiger partial charge on any atom is 0.243 e. The Bertz CT molecular complexity index is 939. The van der Waals surface area contributed by atoms with Crippen LogP contribution < -0.4 is 10.1 Å². The van der Waals surface area contributed by atoms with Gasteiger partial charge >= 0.3 is 0 Å². The lowest BCUT2D eigenvalue weighted by molar-refractivity contribution is -0.116. The number of ether oxygens (including phenoxy) is 1. The standard InChI is InChI=1S/C20H23BrN2O4S/c1-27-19-10-9-18(28(25,26)23-12-2-3-13-23)14-15(19)4-11-20(24)22-17-7-5-16(21)6-8-17/h5-10,14H,2-4,11-13H2,1H3,(H,22,24). The summed E-state index contributed by atoms with van der Waals surface area (Å²) in [7, 11) is -1.97. The second-order valence-electron chi connectivity index (χ2n) is 6.64. The molecule has 0 atom stereocenters. The molecule has 0 radical (unpaired) electrons. The highest BCUT2D eigenvalue weighted by molar-refractivity contribution is 9.10. The molecule has 1 aliphatic heterocycles. The summed E-state index contributed by atoms with van der Waals surface area (Å²) in [6.07, 6.45) is 2.38. The molecule has 1 amide bonds. The van der Waals surface area contributed by atoms with Gasteiger partial charge in [0.1, 0.15) is 5.75 Å². The molecule has 28 heavy (non-hydrogen) atoms. The molecule has 2 aromatic rings. The Hall–Kier alpha value is -1.90. The molecule has 0 aromatic heterocycles. The number of nitrogens with one attached hydrogen (secondary N) is 1. The minimum Gasteiger partial charge on any atom is -0.496 e. The van der Waals surface area contributed by atoms with Crippen molar-refractivity contribution in [1.82, 2.24) is 4.31 Å². The van der Waals surface area contributed by atoms with Crippen LogP contribution in [0.2, 0.25) is 0 Å². The average molecular weight is 467 g/mol. The first-order valence-corrected chi connectivity index (χ1v) is 11.4. The first kappa shape index (κ1) is 20.8. The number of benzene rings is 2. The van der Waals surface area contributed by atoms with Crippen molar-refractivity contribution >= 4 is 37.5 Å². The van der Waals surface area contributed by atoms with E-state index in [1.807, 2.05) is 24.3 Å². The molecular formula is C20H23BrN2O4S. The summed E-state index contributed by atoms with van der Waals surface area (Å²) in [5.41, 5.74) is 1.42. The van der Waals surface area contributed by atoms with Gasteiger partial charge in [-0.2, -0.15) is 4.31 Å². The molecule has 0 saturated carbocycles. The van der Waals surface area contributed by atoms with Crippen LogP contribution >= 0.6 is 15.9 Å². The smallest absolute Gasteiger partial charge is 0.243 e. The Morgan fingerprint density at radius 1 is 1.14 bits per heavy atom. The second kappa shape index (κ2) is 9.07. The lowest BCUT2D eigenvalue weighted by atomic mass is 10.1. The van der Waals surface area contributed by atoms with Gasteiger partial charge in [-0.05, 0) is 67.3 Å². The van der Waals surface area contributed by atoms with Gasteiger partial charge in [-0.25, -0.2) is 8.42 Å². The Labute approximate surface area is 174 Å². The maximum absolute atomic E-state index is 12.8. The lowest BCUT2D eigenvalue weighted by Gasteiger charge is -2.17. The minimum atomic E-state index is -3.50. The van der Waals surface area contributed by atoms with Crippen molar-refractivity contribution in [2.75, 3.05) is 25.5 Å². The number of carbonyl (C=O) groups excluding carboxylic acids is 1. The van der Waals surface area contributed by atoms with Gasteiger partial charge in [0.05, 0.1) is 12.0 Å². The molecule has 2 aromatic carbocycles. The Balaban J connectivity index is 1.71. The van der Waals surface area contributed by atoms with Crippen LogP contribution in [0.15, 0.2) is 51.8 Å². The zero-order valence-electron chi connectivity index (χ0n) is 15.7. The van der Waals surface area contributed by atoms with E-state index < -0.39 is 10.0 Å². The van der Waals surface area contributed by atoms with Crippen molar-refractivity contribution < 1.29 is 17.9 Å². The number of rotatable bonds is 7. The van der Waals surface area contributed by atoms with Gasteiger partial charge in [0.25, 0.3) is 0 Å². The van der Waals surface area contributed by atoms with Gasteiger partial charge in [-0.15, -0.1) is 0 Å². The molecule has 8 heteroatoms. The van der Waals surface area contributed by atoms with Crippen molar-refractivity contribution in [3.05, 3.63) is 52.5 Å². The summed E-state index contributed by atoms with van der Waals surface area (Å²) in [5, 5.41) is 2.84. The first-order valence-electron chi connectivity index (χ1n) is 9.12. The molecule has 0 unspecified atom stereocenters. The van der Waals surface area contributed by atoms with Crippen LogP contribution in [0.5, 0.6) is 5.75 Å². The van der Waals surface area contributed by atoms with E-state index in [0.29, 0.717) is 36.5 Å². The van der Waals surface area contributed by atoms with E-state index in [9.17, 15) is 13.2 Å². The molecular weight excluding hydrogens is 444 g/mol. The number of methoxy groups -OCH3 is 1. The molecule has 0 spiro atoms. The zero-order chi connectivity index (χ0) is 20.1. The molecule has 1 heterocycles. The van der Waals surface area contributed by atoms with Gasteiger partial charge in [0, 0.05) is 29.7 Å². The number of hydrogen-bond acceptors (Lipinski definition) is 4. The molecule has 6 nitrogen and oxygen atoms in total. The molecule has 0 bridgehead atoms. The van der Waals surface area contributed by atoms with Gasteiger partial charge in [-0.3, -0.25) is 4.79 Å². The highest BCUT2D eigenvalue weighted by Gasteiger charge is 2.27. The van der Waals surface area contributed by atoms with Crippen molar-refractivity contribution in [2.24, 2.45) is 0 Å². The van der Waals surface area contributed by atoms with Crippen molar-refractivity contribution in [1.29, 1.82) is 0 Å². The van der Waals surface area contributed by atoms with Crippen LogP contribution in [0.3, 0.4) is 0 Å². The third-order valence-corrected chi connectivity index (χ3v) is 7.13. The summed E-state index contributed by atoms with van der Waals surface area (Å²) < 4.78 is 33.4. The predicted octanol–water partition coefficient (Wildman–Crippen LogP) is 3.81. The number of carbonyl (C=O) groups is 1. The molecule has 1 N–H and O–H groups in total. The Kier molecular flexibility index (Phi) is 6.74. The minimum absolute atomic E-state index is 0.142. The second-order valence-corrected chi connectivity index (χ2v) is 9.49. The number of aryl methyl sites for hydroxylation is 1. The predicted molar refractivity (Wildman–Crippen MR) is 112 cm³/mol. The quantitative estimate of drug-likeness (QED) is 0.672. The molecule has 3 rings (SSSR count). The number of anilines is 1. The Morgan fingerprint density at radius 3 is 2.46 bits per heavy atom. The number of nitrogens with zero attached hydrogens (tertiary/aromatic N) is 1. The highest BCUT2D eigenvalue weighted by atomic mass is 79.9. The van der Waals surface area contributed by atoms with Crippen LogP contribution in [0.1, 0.15) is 24.8 Å². The van der Waals surface area contributed by atoms with E-state index in [-0.39, 0.29) is 17.2 Å². The molecule has 150 valence electrons. The summed E-state index contributed by atoms with van der Waals surface area (Å²) in [5.74, 6) is 0.439. The van der Waals surface area contributed by atoms with Gasteiger partial charge in [0.2, 0.25) is 15.9 Å². The summed E-state index contributed by atoms with van der Waals surface area (Å²) in [4.78, 5) is 12.5. The lowest BCUT2D eigenvalue weighted by Crippen LogP contribution is -2.28. The number of amides is 1. The fourth-order valence-corrected chi connectivity index (χ4v) is 5.03. The molecule has 1 fully saturated rings. The third-order valence-electron chi connectivity index (χ3n) is 4.70. The summed E-state index contributed by atoms with van der Waals surface area (Å²) in [6, 6.07) is 12.2. The van der Waals surface area contributed by atoms with Crippen molar-refractivity contribution in [2.45, 2.75) is 30.6 Å². The number of hydrogen-bond donors (Lipinski definition) is 1. The zero-order valence-corrected chi connectivity index (χ0v) is 18.1. The van der Waals surface area contributed by atoms with E-state index in [4.69, 9.17) is 4.74 Å². The van der Waals surface area contributed by atoms with E-state index in [1.54, 1.807) is 18.2 Å². The van der Waals surface area contributed by atoms with Gasteiger partial charge in [0.15, 0.2) is 0 Å². The molecule has 1 saturated heterocycles. The van der Waals surface area contributed by atoms with Crippen molar-refractivity contribution in [3.8, 4) is 5.75 Å². The average Bonchev–Trinajstić information content (AvgIpc) is 3.23. The SMILES string of the molecule is COc1ccc(S(=O)(=O)N2CCCC2)cc1CCC(=O)Nc1ccc(Br)cc1. The normalized spacial score (nSPS) is 14.8.